The van der Waals surface area contributed by atoms with E-state index in [1.165, 1.54) is 21.5 Å². The van der Waals surface area contributed by atoms with Crippen LogP contribution in [0.1, 0.15) is 0 Å². The quantitative estimate of drug-likeness (QED) is 0.446. The highest BCUT2D eigenvalue weighted by molar-refractivity contribution is 6.70. The predicted octanol–water partition coefficient (Wildman–Crippen LogP) is 3.69. The van der Waals surface area contributed by atoms with Gasteiger partial charge in [-0.1, -0.05) is 60.7 Å². The summed E-state index contributed by atoms with van der Waals surface area (Å²) in [5.74, 6) is 0. The van der Waals surface area contributed by atoms with E-state index in [1.807, 2.05) is 0 Å². The van der Waals surface area contributed by atoms with E-state index < -0.39 is 8.80 Å². The summed E-state index contributed by atoms with van der Waals surface area (Å²) in [6.07, 6.45) is 0. The number of hydrogen-bond acceptors (Lipinski definition) is 0. The zero-order chi connectivity index (χ0) is 11.8. The molecule has 0 heterocycles. The molecule has 17 heavy (non-hydrogen) atoms. The highest BCUT2D eigenvalue weighted by Crippen LogP contribution is 2.21. The average molecular weight is 236 g/mol. The second-order valence-corrected chi connectivity index (χ2v) is 7.94. The molecule has 1 heteroatoms. The lowest BCUT2D eigenvalue weighted by Gasteiger charge is -2.07. The smallest absolute Gasteiger partial charge is 0.0647 e. The van der Waals surface area contributed by atoms with E-state index in [2.05, 4.69) is 67.7 Å². The normalized spacial score (nSPS) is 11.5. The Morgan fingerprint density at radius 3 is 1.88 bits per heavy atom. The Hall–Kier alpha value is -1.60. The molecule has 3 aromatic carbocycles. The standard InChI is InChI=1S/C16H16Si/c1-17(2)16-8-7-14-9-12-5-3-4-6-13(12)10-15(14)11-16/h3-11,17H,1-2H3. The van der Waals surface area contributed by atoms with Crippen LogP contribution in [0.15, 0.2) is 54.6 Å². The molecule has 3 rings (SSSR count). The molecule has 0 N–H and O–H groups in total. The molecular weight excluding hydrogens is 220 g/mol. The molecule has 0 amide bonds. The summed E-state index contributed by atoms with van der Waals surface area (Å²) in [6.45, 7) is 4.75. The molecule has 0 aliphatic heterocycles. The van der Waals surface area contributed by atoms with Gasteiger partial charge in [-0.25, -0.2) is 0 Å². The second kappa shape index (κ2) is 4.01. The molecular formula is C16H16Si. The predicted molar refractivity (Wildman–Crippen MR) is 80.0 cm³/mol. The SMILES string of the molecule is C[SiH](C)c1ccc2cc3ccccc3cc2c1. The van der Waals surface area contributed by atoms with Crippen LogP contribution in [0.2, 0.25) is 13.1 Å². The van der Waals surface area contributed by atoms with Gasteiger partial charge in [0.15, 0.2) is 0 Å². The fraction of sp³-hybridized carbons (Fsp3) is 0.125. The first-order valence-electron chi connectivity index (χ1n) is 6.16. The van der Waals surface area contributed by atoms with Crippen molar-refractivity contribution in [3.63, 3.8) is 0 Å². The van der Waals surface area contributed by atoms with Crippen molar-refractivity contribution in [1.82, 2.24) is 0 Å². The summed E-state index contributed by atoms with van der Waals surface area (Å²) in [4.78, 5) is 0. The third-order valence-corrected chi connectivity index (χ3v) is 5.09. The molecule has 84 valence electrons. The molecule has 0 nitrogen and oxygen atoms in total. The lowest BCUT2D eigenvalue weighted by Crippen LogP contribution is -2.21. The topological polar surface area (TPSA) is 0 Å². The van der Waals surface area contributed by atoms with E-state index in [1.54, 1.807) is 5.19 Å². The van der Waals surface area contributed by atoms with Gasteiger partial charge in [0.1, 0.15) is 0 Å². The number of benzene rings is 3. The molecule has 0 atom stereocenters. The molecule has 0 aliphatic rings. The van der Waals surface area contributed by atoms with Gasteiger partial charge in [-0.05, 0) is 33.7 Å². The highest BCUT2D eigenvalue weighted by Gasteiger charge is 2.02. The van der Waals surface area contributed by atoms with Crippen LogP contribution in [0, 0.1) is 0 Å². The summed E-state index contributed by atoms with van der Waals surface area (Å²) >= 11 is 0. The molecule has 0 aromatic heterocycles. The average Bonchev–Trinajstić information content (AvgIpc) is 2.35. The molecule has 3 aromatic rings. The lowest BCUT2D eigenvalue weighted by molar-refractivity contribution is 1.77. The van der Waals surface area contributed by atoms with Crippen LogP contribution < -0.4 is 5.19 Å². The van der Waals surface area contributed by atoms with Crippen molar-refractivity contribution in [2.24, 2.45) is 0 Å². The van der Waals surface area contributed by atoms with Gasteiger partial charge in [-0.2, -0.15) is 0 Å². The van der Waals surface area contributed by atoms with Crippen molar-refractivity contribution in [3.05, 3.63) is 54.6 Å². The Labute approximate surface area is 104 Å². The van der Waals surface area contributed by atoms with Crippen molar-refractivity contribution in [1.29, 1.82) is 0 Å². The molecule has 0 saturated carbocycles. The van der Waals surface area contributed by atoms with Crippen LogP contribution >= 0.6 is 0 Å². The monoisotopic (exact) mass is 236 g/mol. The summed E-state index contributed by atoms with van der Waals surface area (Å²) < 4.78 is 0. The van der Waals surface area contributed by atoms with Crippen LogP contribution in [-0.2, 0) is 0 Å². The Morgan fingerprint density at radius 2 is 1.24 bits per heavy atom. The van der Waals surface area contributed by atoms with E-state index in [-0.39, 0.29) is 0 Å². The molecule has 0 spiro atoms. The fourth-order valence-corrected chi connectivity index (χ4v) is 3.31. The maximum absolute atomic E-state index is 2.38. The van der Waals surface area contributed by atoms with Gasteiger partial charge in [0.05, 0.1) is 8.80 Å². The van der Waals surface area contributed by atoms with Crippen LogP contribution in [0.5, 0.6) is 0 Å². The van der Waals surface area contributed by atoms with Crippen LogP contribution in [0.3, 0.4) is 0 Å². The maximum Gasteiger partial charge on any atom is 0.0647 e. The van der Waals surface area contributed by atoms with Crippen molar-refractivity contribution in [3.8, 4) is 0 Å². The Balaban J connectivity index is 2.32. The summed E-state index contributed by atoms with van der Waals surface area (Å²) in [5.41, 5.74) is 0. The van der Waals surface area contributed by atoms with Crippen molar-refractivity contribution >= 4 is 35.5 Å². The first-order valence-corrected chi connectivity index (χ1v) is 9.05. The first kappa shape index (κ1) is 10.5. The van der Waals surface area contributed by atoms with E-state index in [0.29, 0.717) is 0 Å². The van der Waals surface area contributed by atoms with Crippen molar-refractivity contribution < 1.29 is 0 Å². The van der Waals surface area contributed by atoms with Gasteiger partial charge in [-0.15, -0.1) is 0 Å². The minimum Gasteiger partial charge on any atom is -0.0682 e. The van der Waals surface area contributed by atoms with Crippen LogP contribution in [0.4, 0.5) is 0 Å². The third kappa shape index (κ3) is 1.87. The Morgan fingerprint density at radius 1 is 0.647 bits per heavy atom. The summed E-state index contributed by atoms with van der Waals surface area (Å²) in [7, 11) is -0.699. The molecule has 0 radical (unpaired) electrons. The fourth-order valence-electron chi connectivity index (χ4n) is 2.32. The summed E-state index contributed by atoms with van der Waals surface area (Å²) in [5, 5.41) is 6.94. The molecule has 0 aliphatic carbocycles. The van der Waals surface area contributed by atoms with E-state index in [4.69, 9.17) is 0 Å². The Kier molecular flexibility index (Phi) is 2.48. The number of fused-ring (bicyclic) bond motifs is 2. The van der Waals surface area contributed by atoms with E-state index in [0.717, 1.165) is 0 Å². The molecule has 0 fully saturated rings. The largest absolute Gasteiger partial charge is 0.0682 e. The highest BCUT2D eigenvalue weighted by atomic mass is 28.3. The zero-order valence-corrected chi connectivity index (χ0v) is 11.4. The second-order valence-electron chi connectivity index (χ2n) is 4.96. The van der Waals surface area contributed by atoms with Gasteiger partial charge >= 0.3 is 0 Å². The van der Waals surface area contributed by atoms with Crippen LogP contribution in [0.25, 0.3) is 21.5 Å². The third-order valence-electron chi connectivity index (χ3n) is 3.40. The van der Waals surface area contributed by atoms with Crippen molar-refractivity contribution in [2.75, 3.05) is 0 Å². The van der Waals surface area contributed by atoms with Gasteiger partial charge in [0.2, 0.25) is 0 Å². The van der Waals surface area contributed by atoms with Crippen LogP contribution in [-0.4, -0.2) is 8.80 Å². The van der Waals surface area contributed by atoms with Gasteiger partial charge < -0.3 is 0 Å². The molecule has 0 unspecified atom stereocenters. The van der Waals surface area contributed by atoms with E-state index in [9.17, 15) is 0 Å². The minimum atomic E-state index is -0.699. The number of hydrogen-bond donors (Lipinski definition) is 0. The lowest BCUT2D eigenvalue weighted by atomic mass is 10.0. The van der Waals surface area contributed by atoms with Crippen molar-refractivity contribution in [2.45, 2.75) is 13.1 Å². The van der Waals surface area contributed by atoms with Gasteiger partial charge in [0.25, 0.3) is 0 Å². The first-order chi connectivity index (χ1) is 8.24. The molecule has 0 saturated heterocycles. The molecule has 0 bridgehead atoms. The van der Waals surface area contributed by atoms with E-state index >= 15 is 0 Å². The number of rotatable bonds is 1. The minimum absolute atomic E-state index is 0.699. The zero-order valence-electron chi connectivity index (χ0n) is 10.3. The Bertz CT molecular complexity index is 683. The summed E-state index contributed by atoms with van der Waals surface area (Å²) in [6, 6.07) is 20.1. The van der Waals surface area contributed by atoms with Gasteiger partial charge in [-0.3, -0.25) is 0 Å². The van der Waals surface area contributed by atoms with Gasteiger partial charge in [0, 0.05) is 0 Å². The maximum atomic E-state index is 2.38.